The van der Waals surface area contributed by atoms with Crippen molar-refractivity contribution >= 4 is 35.0 Å². The van der Waals surface area contributed by atoms with Crippen LogP contribution in [-0.4, -0.2) is 57.2 Å². The molecule has 4 rings (SSSR count). The molecule has 5 atom stereocenters. The van der Waals surface area contributed by atoms with Gasteiger partial charge < -0.3 is 20.4 Å². The van der Waals surface area contributed by atoms with Crippen molar-refractivity contribution in [3.63, 3.8) is 0 Å². The number of thioether (sulfide) groups is 1. The lowest BCUT2D eigenvalue weighted by Gasteiger charge is -2.46. The van der Waals surface area contributed by atoms with Crippen LogP contribution in [0.5, 0.6) is 0 Å². The SMILES string of the molecule is C[C@@H](O)[C@H]1C(=O)N2C(C(=O)O)=C(Sc3nc([C@H]4CCNC4)cs3)[C@H](C)[C@H]12. The maximum Gasteiger partial charge on any atom is 0.353 e. The summed E-state index contributed by atoms with van der Waals surface area (Å²) in [6.07, 6.45) is 0.278. The largest absolute Gasteiger partial charge is 0.477 e. The summed E-state index contributed by atoms with van der Waals surface area (Å²) in [6.45, 7) is 5.43. The predicted molar refractivity (Wildman–Crippen MR) is 97.8 cm³/mol. The normalized spacial score (nSPS) is 32.0. The summed E-state index contributed by atoms with van der Waals surface area (Å²) in [4.78, 5) is 30.9. The zero-order valence-electron chi connectivity index (χ0n) is 14.5. The summed E-state index contributed by atoms with van der Waals surface area (Å²) in [5.41, 5.74) is 1.10. The van der Waals surface area contributed by atoms with Gasteiger partial charge in [0.15, 0.2) is 4.34 Å². The van der Waals surface area contributed by atoms with Gasteiger partial charge in [0.25, 0.3) is 0 Å². The monoisotopic (exact) mass is 395 g/mol. The molecule has 0 radical (unpaired) electrons. The number of thiazole rings is 1. The highest BCUT2D eigenvalue weighted by molar-refractivity contribution is 8.04. The fourth-order valence-corrected chi connectivity index (χ4v) is 6.34. The average molecular weight is 396 g/mol. The van der Waals surface area contributed by atoms with Gasteiger partial charge in [-0.1, -0.05) is 18.7 Å². The van der Waals surface area contributed by atoms with Crippen LogP contribution in [-0.2, 0) is 9.59 Å². The third-order valence-corrected chi connectivity index (χ3v) is 7.73. The zero-order valence-corrected chi connectivity index (χ0v) is 16.1. The smallest absolute Gasteiger partial charge is 0.353 e. The number of carbonyl (C=O) groups excluding carboxylic acids is 1. The minimum absolute atomic E-state index is 0.0497. The summed E-state index contributed by atoms with van der Waals surface area (Å²) in [5.74, 6) is -1.66. The Labute approximate surface area is 159 Å². The number of carbonyl (C=O) groups is 2. The minimum atomic E-state index is -1.10. The standard InChI is InChI=1S/C17H21N3O4S2/c1-7-12-11(8(2)21)15(22)20(12)13(16(23)24)14(7)26-17-19-10(6-25-17)9-3-4-18-5-9/h6-9,11-12,18,21H,3-5H2,1-2H3,(H,23,24)/t7-,8-,9+,11-,12-/m1/s1. The topological polar surface area (TPSA) is 103 Å². The van der Waals surface area contributed by atoms with Crippen LogP contribution in [0.25, 0.3) is 0 Å². The molecule has 3 aliphatic rings. The van der Waals surface area contributed by atoms with Crippen LogP contribution < -0.4 is 5.32 Å². The second-order valence-corrected chi connectivity index (χ2v) is 9.25. The van der Waals surface area contributed by atoms with Crippen molar-refractivity contribution in [3.05, 3.63) is 21.7 Å². The van der Waals surface area contributed by atoms with Gasteiger partial charge in [-0.3, -0.25) is 4.79 Å². The molecule has 0 spiro atoms. The van der Waals surface area contributed by atoms with Gasteiger partial charge in [0.1, 0.15) is 5.70 Å². The molecule has 4 heterocycles. The van der Waals surface area contributed by atoms with Gasteiger partial charge in [0, 0.05) is 28.7 Å². The maximum atomic E-state index is 12.4. The van der Waals surface area contributed by atoms with Crippen molar-refractivity contribution in [2.45, 2.75) is 42.7 Å². The Balaban J connectivity index is 1.61. The van der Waals surface area contributed by atoms with Crippen molar-refractivity contribution in [3.8, 4) is 0 Å². The van der Waals surface area contributed by atoms with Gasteiger partial charge in [-0.15, -0.1) is 11.3 Å². The molecule has 2 saturated heterocycles. The van der Waals surface area contributed by atoms with Gasteiger partial charge in [0.2, 0.25) is 5.91 Å². The first-order valence-electron chi connectivity index (χ1n) is 8.72. The van der Waals surface area contributed by atoms with E-state index in [9.17, 15) is 19.8 Å². The van der Waals surface area contributed by atoms with Gasteiger partial charge >= 0.3 is 5.97 Å². The van der Waals surface area contributed by atoms with E-state index in [2.05, 4.69) is 10.3 Å². The lowest BCUT2D eigenvalue weighted by Crippen LogP contribution is -2.63. The summed E-state index contributed by atoms with van der Waals surface area (Å²) >= 11 is 2.86. The van der Waals surface area contributed by atoms with Crippen LogP contribution in [0.4, 0.5) is 0 Å². The average Bonchev–Trinajstić information content (AvgIpc) is 3.28. The van der Waals surface area contributed by atoms with Crippen LogP contribution in [0.15, 0.2) is 20.3 Å². The van der Waals surface area contributed by atoms with Crippen molar-refractivity contribution in [2.24, 2.45) is 11.8 Å². The number of rotatable bonds is 5. The van der Waals surface area contributed by atoms with Gasteiger partial charge in [-0.05, 0) is 19.9 Å². The van der Waals surface area contributed by atoms with Crippen LogP contribution in [0.3, 0.4) is 0 Å². The Bertz CT molecular complexity index is 785. The third kappa shape index (κ3) is 2.69. The molecule has 2 fully saturated rings. The van der Waals surface area contributed by atoms with Crippen LogP contribution in [0.2, 0.25) is 0 Å². The van der Waals surface area contributed by atoms with Crippen molar-refractivity contribution in [1.29, 1.82) is 0 Å². The van der Waals surface area contributed by atoms with E-state index in [1.807, 2.05) is 12.3 Å². The Morgan fingerprint density at radius 3 is 2.92 bits per heavy atom. The molecule has 9 heteroatoms. The molecule has 0 saturated carbocycles. The number of carboxylic acids is 1. The molecule has 3 N–H and O–H groups in total. The van der Waals surface area contributed by atoms with E-state index in [0.29, 0.717) is 10.8 Å². The number of nitrogens with one attached hydrogen (secondary N) is 1. The number of hydrogen-bond acceptors (Lipinski definition) is 7. The molecular weight excluding hydrogens is 374 g/mol. The molecule has 0 aliphatic carbocycles. The fourth-order valence-electron chi connectivity index (χ4n) is 4.16. The Morgan fingerprint density at radius 2 is 2.31 bits per heavy atom. The molecule has 3 aliphatic heterocycles. The number of aromatic nitrogens is 1. The van der Waals surface area contributed by atoms with Crippen molar-refractivity contribution in [2.75, 3.05) is 13.1 Å². The molecule has 1 amide bonds. The van der Waals surface area contributed by atoms with Gasteiger partial charge in [-0.25, -0.2) is 9.78 Å². The Kier molecular flexibility index (Phi) is 4.58. The minimum Gasteiger partial charge on any atom is -0.477 e. The lowest BCUT2D eigenvalue weighted by molar-refractivity contribution is -0.163. The van der Waals surface area contributed by atoms with E-state index >= 15 is 0 Å². The molecular formula is C17H21N3O4S2. The first-order valence-corrected chi connectivity index (χ1v) is 10.4. The number of amides is 1. The van der Waals surface area contributed by atoms with Crippen molar-refractivity contribution < 1.29 is 19.8 Å². The second-order valence-electron chi connectivity index (χ2n) is 7.10. The van der Waals surface area contributed by atoms with Gasteiger partial charge in [0.05, 0.1) is 23.8 Å². The number of fused-ring (bicyclic) bond motifs is 1. The number of aliphatic hydroxyl groups excluding tert-OH is 1. The van der Waals surface area contributed by atoms with Gasteiger partial charge in [-0.2, -0.15) is 0 Å². The third-order valence-electron chi connectivity index (χ3n) is 5.49. The zero-order chi connectivity index (χ0) is 18.6. The highest BCUT2D eigenvalue weighted by Crippen LogP contribution is 2.52. The quantitative estimate of drug-likeness (QED) is 0.649. The van der Waals surface area contributed by atoms with Crippen LogP contribution in [0, 0.1) is 11.8 Å². The number of hydrogen-bond donors (Lipinski definition) is 3. The first kappa shape index (κ1) is 18.0. The van der Waals surface area contributed by atoms with E-state index in [4.69, 9.17) is 0 Å². The summed E-state index contributed by atoms with van der Waals surface area (Å²) in [6, 6.07) is -0.283. The number of aliphatic hydroxyl groups is 1. The molecule has 26 heavy (non-hydrogen) atoms. The Morgan fingerprint density at radius 1 is 1.54 bits per heavy atom. The second kappa shape index (κ2) is 6.63. The van der Waals surface area contributed by atoms with Crippen LogP contribution >= 0.6 is 23.1 Å². The van der Waals surface area contributed by atoms with E-state index in [1.54, 1.807) is 6.92 Å². The summed E-state index contributed by atoms with van der Waals surface area (Å²) in [7, 11) is 0. The number of nitrogens with zero attached hydrogens (tertiary/aromatic N) is 2. The molecule has 1 aromatic rings. The van der Waals surface area contributed by atoms with E-state index in [0.717, 1.165) is 29.5 Å². The van der Waals surface area contributed by atoms with E-state index in [1.165, 1.54) is 28.0 Å². The highest BCUT2D eigenvalue weighted by atomic mass is 32.2. The summed E-state index contributed by atoms with van der Waals surface area (Å²) < 4.78 is 0.802. The molecule has 7 nitrogen and oxygen atoms in total. The van der Waals surface area contributed by atoms with Crippen LogP contribution in [0.1, 0.15) is 31.9 Å². The van der Waals surface area contributed by atoms with E-state index in [-0.39, 0.29) is 23.6 Å². The maximum absolute atomic E-state index is 12.4. The molecule has 0 unspecified atom stereocenters. The molecule has 0 aromatic carbocycles. The van der Waals surface area contributed by atoms with Crippen molar-refractivity contribution in [1.82, 2.24) is 15.2 Å². The highest BCUT2D eigenvalue weighted by Gasteiger charge is 2.60. The summed E-state index contributed by atoms with van der Waals surface area (Å²) in [5, 5.41) is 24.9. The predicted octanol–water partition coefficient (Wildman–Crippen LogP) is 1.47. The number of aliphatic carboxylic acids is 1. The lowest BCUT2D eigenvalue weighted by atomic mass is 9.79. The van der Waals surface area contributed by atoms with E-state index < -0.39 is 18.0 Å². The molecule has 140 valence electrons. The Hall–Kier alpha value is -1.42. The fraction of sp³-hybridized carbons (Fsp3) is 0.588. The number of β-lactam (4-membered cyclic amide) rings is 1. The molecule has 1 aromatic heterocycles. The first-order chi connectivity index (χ1) is 12.4. The number of carboxylic acid groups (broad SMARTS) is 1. The molecule has 0 bridgehead atoms.